The Hall–Kier alpha value is -4.80. The van der Waals surface area contributed by atoms with E-state index in [0.29, 0.717) is 48.6 Å². The molecule has 0 bridgehead atoms. The molecule has 3 heterocycles. The number of anilines is 2. The van der Waals surface area contributed by atoms with Gasteiger partial charge < -0.3 is 24.7 Å². The summed E-state index contributed by atoms with van der Waals surface area (Å²) in [5.41, 5.74) is 2.68. The minimum atomic E-state index is -1.80. The van der Waals surface area contributed by atoms with Crippen molar-refractivity contribution in [2.75, 3.05) is 30.1 Å². The zero-order valence-electron chi connectivity index (χ0n) is 26.1. The molecule has 10 nitrogen and oxygen atoms in total. The van der Waals surface area contributed by atoms with Crippen LogP contribution < -0.4 is 14.5 Å². The van der Waals surface area contributed by atoms with Gasteiger partial charge in [0, 0.05) is 42.9 Å². The third kappa shape index (κ3) is 5.93. The molecule has 238 valence electrons. The fourth-order valence-electron chi connectivity index (χ4n) is 6.42. The summed E-state index contributed by atoms with van der Waals surface area (Å²) in [4.78, 5) is 29.8. The van der Waals surface area contributed by atoms with Crippen LogP contribution in [-0.2, 0) is 28.3 Å². The first-order chi connectivity index (χ1) is 22.3. The number of fused-ring (bicyclic) bond motifs is 1. The number of hydrogen-bond acceptors (Lipinski definition) is 7. The molecule has 6 rings (SSSR count). The Labute approximate surface area is 268 Å². The fraction of sp³-hybridized carbons (Fsp3) is 0.333. The number of rotatable bonds is 12. The molecule has 0 aliphatic carbocycles. The molecule has 2 N–H and O–H groups in total. The fourth-order valence-corrected chi connectivity index (χ4v) is 6.42. The third-order valence-electron chi connectivity index (χ3n) is 9.02. The summed E-state index contributed by atoms with van der Waals surface area (Å²) in [6, 6.07) is 22.7. The van der Waals surface area contributed by atoms with Gasteiger partial charge in [-0.05, 0) is 54.3 Å². The highest BCUT2D eigenvalue weighted by Gasteiger charge is 2.52. The maximum Gasteiger partial charge on any atom is 0.264 e. The number of aromatic nitrogens is 3. The van der Waals surface area contributed by atoms with E-state index in [4.69, 9.17) is 4.74 Å². The van der Waals surface area contributed by atoms with Crippen molar-refractivity contribution in [1.29, 1.82) is 0 Å². The Bertz CT molecular complexity index is 1740. The Morgan fingerprint density at radius 3 is 2.63 bits per heavy atom. The molecule has 1 unspecified atom stereocenters. The summed E-state index contributed by atoms with van der Waals surface area (Å²) in [5.74, 6) is -0.554. The Morgan fingerprint density at radius 1 is 1.07 bits per heavy atom. The van der Waals surface area contributed by atoms with Crippen molar-refractivity contribution in [3.8, 4) is 5.75 Å². The Kier molecular flexibility index (Phi) is 9.01. The predicted molar refractivity (Wildman–Crippen MR) is 174 cm³/mol. The first-order valence-electron chi connectivity index (χ1n) is 15.7. The maximum absolute atomic E-state index is 14.1. The smallest absolute Gasteiger partial charge is 0.264 e. The van der Waals surface area contributed by atoms with E-state index in [1.807, 2.05) is 85.9 Å². The molecule has 10 heteroatoms. The first-order valence-corrected chi connectivity index (χ1v) is 15.7. The van der Waals surface area contributed by atoms with E-state index in [1.165, 1.54) is 0 Å². The molecule has 2 aliphatic rings. The number of benzene rings is 3. The molecule has 3 atom stereocenters. The molecule has 1 aromatic heterocycles. The van der Waals surface area contributed by atoms with Gasteiger partial charge in [-0.2, -0.15) is 0 Å². The Balaban J connectivity index is 1.17. The van der Waals surface area contributed by atoms with Crippen LogP contribution in [-0.4, -0.2) is 57.3 Å². The zero-order chi connectivity index (χ0) is 32.3. The molecule has 3 aromatic carbocycles. The number of hydrogen-bond donors (Lipinski definition) is 2. The number of aliphatic hydroxyl groups excluding tert-OH is 1. The maximum atomic E-state index is 14.1. The standard InChI is InChI=1S/C36H39N5O5/c1-25(10-6-7-18-39-23-32(37-38-39)30(24-42)27-12-4-3-5-13-27)36(45)31-21-29(46-2)16-17-33(31)41(35(36)44)22-26-11-8-14-28(20-26)40-19-9-15-34(40)43/h3-6,8,10-14,16-17,20-21,23,25,30,42,45H,7,9,15,18-19,22,24H2,1-2H3/b10-6+/t25-,30?,36+/m0/s1. The van der Waals surface area contributed by atoms with Gasteiger partial charge in [0.1, 0.15) is 5.75 Å². The molecule has 2 aliphatic heterocycles. The van der Waals surface area contributed by atoms with Crippen LogP contribution in [0.2, 0.25) is 0 Å². The molecular weight excluding hydrogens is 582 g/mol. The number of amides is 2. The minimum absolute atomic E-state index is 0.0699. The second-order valence-corrected chi connectivity index (χ2v) is 11.9. The van der Waals surface area contributed by atoms with Crippen molar-refractivity contribution >= 4 is 23.2 Å². The number of nitrogens with zero attached hydrogens (tertiary/aromatic N) is 5. The number of ether oxygens (including phenoxy) is 1. The highest BCUT2D eigenvalue weighted by atomic mass is 16.5. The third-order valence-corrected chi connectivity index (χ3v) is 9.02. The van der Waals surface area contributed by atoms with Gasteiger partial charge in [-0.1, -0.05) is 66.8 Å². The molecule has 1 fully saturated rings. The van der Waals surface area contributed by atoms with Crippen LogP contribution in [0.15, 0.2) is 91.1 Å². The van der Waals surface area contributed by atoms with Gasteiger partial charge in [-0.3, -0.25) is 14.3 Å². The zero-order valence-corrected chi connectivity index (χ0v) is 26.1. The lowest BCUT2D eigenvalue weighted by molar-refractivity contribution is -0.139. The summed E-state index contributed by atoms with van der Waals surface area (Å²) in [6.07, 6.45) is 7.62. The van der Waals surface area contributed by atoms with Gasteiger partial charge in [0.05, 0.1) is 37.6 Å². The predicted octanol–water partition coefficient (Wildman–Crippen LogP) is 4.55. The van der Waals surface area contributed by atoms with Crippen LogP contribution >= 0.6 is 0 Å². The van der Waals surface area contributed by atoms with E-state index >= 15 is 0 Å². The summed E-state index contributed by atoms with van der Waals surface area (Å²) < 4.78 is 7.19. The van der Waals surface area contributed by atoms with Crippen LogP contribution in [0.3, 0.4) is 0 Å². The van der Waals surface area contributed by atoms with Crippen molar-refractivity contribution in [2.45, 2.75) is 50.8 Å². The highest BCUT2D eigenvalue weighted by molar-refractivity contribution is 6.07. The lowest BCUT2D eigenvalue weighted by Gasteiger charge is -2.28. The number of aryl methyl sites for hydroxylation is 1. The van der Waals surface area contributed by atoms with E-state index in [2.05, 4.69) is 10.3 Å². The van der Waals surface area contributed by atoms with Crippen LogP contribution in [0.1, 0.15) is 54.5 Å². The molecule has 4 aromatic rings. The van der Waals surface area contributed by atoms with E-state index in [0.717, 1.165) is 23.2 Å². The average molecular weight is 622 g/mol. The number of carbonyl (C=O) groups excluding carboxylic acids is 2. The van der Waals surface area contributed by atoms with Gasteiger partial charge in [0.2, 0.25) is 5.91 Å². The normalized spacial score (nSPS) is 19.2. The van der Waals surface area contributed by atoms with E-state index in [1.54, 1.807) is 33.7 Å². The van der Waals surface area contributed by atoms with Crippen molar-refractivity contribution in [1.82, 2.24) is 15.0 Å². The monoisotopic (exact) mass is 621 g/mol. The topological polar surface area (TPSA) is 121 Å². The number of aliphatic hydroxyl groups is 2. The van der Waals surface area contributed by atoms with E-state index in [-0.39, 0.29) is 25.0 Å². The summed E-state index contributed by atoms with van der Waals surface area (Å²) in [5, 5.41) is 30.6. The van der Waals surface area contributed by atoms with Gasteiger partial charge >= 0.3 is 0 Å². The molecule has 1 saturated heterocycles. The molecule has 0 saturated carbocycles. The van der Waals surface area contributed by atoms with Gasteiger partial charge in [-0.15, -0.1) is 5.10 Å². The first kappa shape index (κ1) is 31.2. The van der Waals surface area contributed by atoms with Gasteiger partial charge in [0.25, 0.3) is 5.91 Å². The van der Waals surface area contributed by atoms with Crippen molar-refractivity contribution < 1.29 is 24.5 Å². The van der Waals surface area contributed by atoms with Crippen molar-refractivity contribution in [2.24, 2.45) is 5.92 Å². The second-order valence-electron chi connectivity index (χ2n) is 11.9. The number of allylic oxidation sites excluding steroid dienone is 1. The SMILES string of the molecule is COc1ccc2c(c1)[C@](O)([C@@H](C)/C=C/CCn1cc(C(CO)c3ccccc3)nn1)C(=O)N2Cc1cccc(N2CCCC2=O)c1. The Morgan fingerprint density at radius 2 is 1.89 bits per heavy atom. The summed E-state index contributed by atoms with van der Waals surface area (Å²) >= 11 is 0. The molecule has 46 heavy (non-hydrogen) atoms. The lowest BCUT2D eigenvalue weighted by Crippen LogP contribution is -2.44. The minimum Gasteiger partial charge on any atom is -0.497 e. The molecular formula is C36H39N5O5. The van der Waals surface area contributed by atoms with Gasteiger partial charge in [0.15, 0.2) is 5.60 Å². The molecule has 0 spiro atoms. The quantitative estimate of drug-likeness (QED) is 0.223. The van der Waals surface area contributed by atoms with Crippen LogP contribution in [0.5, 0.6) is 5.75 Å². The van der Waals surface area contributed by atoms with Crippen molar-refractivity contribution in [3.05, 3.63) is 114 Å². The van der Waals surface area contributed by atoms with Gasteiger partial charge in [-0.25, -0.2) is 0 Å². The number of methoxy groups -OCH3 is 1. The summed E-state index contributed by atoms with van der Waals surface area (Å²) in [7, 11) is 1.56. The summed E-state index contributed by atoms with van der Waals surface area (Å²) in [6.45, 7) is 3.24. The number of carbonyl (C=O) groups is 2. The second kappa shape index (κ2) is 13.3. The average Bonchev–Trinajstić information content (AvgIpc) is 3.78. The van der Waals surface area contributed by atoms with Crippen LogP contribution in [0.4, 0.5) is 11.4 Å². The van der Waals surface area contributed by atoms with E-state index < -0.39 is 17.4 Å². The van der Waals surface area contributed by atoms with Crippen molar-refractivity contribution in [3.63, 3.8) is 0 Å². The lowest BCUT2D eigenvalue weighted by atomic mass is 9.83. The largest absolute Gasteiger partial charge is 0.497 e. The van der Waals surface area contributed by atoms with Crippen LogP contribution in [0, 0.1) is 5.92 Å². The molecule has 0 radical (unpaired) electrons. The molecule has 2 amide bonds. The van der Waals surface area contributed by atoms with E-state index in [9.17, 15) is 19.8 Å². The van der Waals surface area contributed by atoms with Crippen LogP contribution in [0.25, 0.3) is 0 Å². The highest BCUT2D eigenvalue weighted by Crippen LogP contribution is 2.47.